The third-order valence-corrected chi connectivity index (χ3v) is 4.67. The highest BCUT2D eigenvalue weighted by Crippen LogP contribution is 2.37. The first-order chi connectivity index (χ1) is 8.68. The van der Waals surface area contributed by atoms with Crippen molar-refractivity contribution in [3.63, 3.8) is 0 Å². The molecule has 1 heterocycles. The van der Waals surface area contributed by atoms with E-state index in [4.69, 9.17) is 4.74 Å². The van der Waals surface area contributed by atoms with Crippen LogP contribution in [0.1, 0.15) is 61.3 Å². The zero-order chi connectivity index (χ0) is 14.8. The molecule has 1 aliphatic heterocycles. The first-order valence-electron chi connectivity index (χ1n) is 7.63. The minimum absolute atomic E-state index is 0.0431. The molecule has 1 fully saturated rings. The van der Waals surface area contributed by atoms with Crippen LogP contribution in [-0.2, 0) is 9.53 Å². The summed E-state index contributed by atoms with van der Waals surface area (Å²) in [5.74, 6) is 1.54. The molecule has 0 aromatic rings. The second-order valence-corrected chi connectivity index (χ2v) is 6.99. The van der Waals surface area contributed by atoms with Crippen LogP contribution in [0.4, 0.5) is 0 Å². The van der Waals surface area contributed by atoms with Gasteiger partial charge in [-0.05, 0) is 38.0 Å². The lowest BCUT2D eigenvalue weighted by molar-refractivity contribution is -0.166. The summed E-state index contributed by atoms with van der Waals surface area (Å²) in [5, 5.41) is 3.12. The lowest BCUT2D eigenvalue weighted by Gasteiger charge is -2.48. The average Bonchev–Trinajstić information content (AvgIpc) is 2.29. The maximum atomic E-state index is 11.5. The molecule has 0 spiro atoms. The molecule has 0 saturated carbocycles. The summed E-state index contributed by atoms with van der Waals surface area (Å²) in [6.07, 6.45) is 2.24. The van der Waals surface area contributed by atoms with Crippen LogP contribution in [0, 0.1) is 17.8 Å². The van der Waals surface area contributed by atoms with Crippen LogP contribution in [0.3, 0.4) is 0 Å². The second-order valence-electron chi connectivity index (χ2n) is 6.99. The number of ether oxygens (including phenoxy) is 1. The van der Waals surface area contributed by atoms with Crippen molar-refractivity contribution in [1.82, 2.24) is 5.32 Å². The van der Waals surface area contributed by atoms with E-state index < -0.39 is 0 Å². The topological polar surface area (TPSA) is 38.3 Å². The monoisotopic (exact) mass is 269 g/mol. The zero-order valence-corrected chi connectivity index (χ0v) is 13.6. The molecular formula is C16H31NO2. The van der Waals surface area contributed by atoms with Crippen molar-refractivity contribution in [2.24, 2.45) is 17.8 Å². The Morgan fingerprint density at radius 3 is 2.47 bits per heavy atom. The SMILES string of the molecule is CCC(C)C(C)C1OC(C)(C)CC(C)C1NC(C)=O. The van der Waals surface area contributed by atoms with Gasteiger partial charge in [0.2, 0.25) is 5.91 Å². The van der Waals surface area contributed by atoms with Gasteiger partial charge in [0.15, 0.2) is 0 Å². The Hall–Kier alpha value is -0.570. The van der Waals surface area contributed by atoms with Crippen LogP contribution in [-0.4, -0.2) is 23.7 Å². The molecule has 3 nitrogen and oxygen atoms in total. The molecule has 112 valence electrons. The Bertz CT molecular complexity index is 314. The van der Waals surface area contributed by atoms with Crippen molar-refractivity contribution in [3.05, 3.63) is 0 Å². The van der Waals surface area contributed by atoms with Crippen LogP contribution in [0.2, 0.25) is 0 Å². The first kappa shape index (κ1) is 16.5. The molecule has 1 saturated heterocycles. The van der Waals surface area contributed by atoms with Crippen LogP contribution < -0.4 is 5.32 Å². The highest BCUT2D eigenvalue weighted by molar-refractivity contribution is 5.73. The Labute approximate surface area is 118 Å². The Morgan fingerprint density at radius 2 is 2.00 bits per heavy atom. The van der Waals surface area contributed by atoms with Crippen LogP contribution in [0.5, 0.6) is 0 Å². The summed E-state index contributed by atoms with van der Waals surface area (Å²) in [6, 6.07) is 0.134. The van der Waals surface area contributed by atoms with Crippen molar-refractivity contribution in [2.75, 3.05) is 0 Å². The van der Waals surface area contributed by atoms with E-state index >= 15 is 0 Å². The molecule has 1 rings (SSSR count). The normalized spacial score (nSPS) is 33.5. The highest BCUT2D eigenvalue weighted by Gasteiger charge is 2.43. The maximum absolute atomic E-state index is 11.5. The molecule has 0 aliphatic carbocycles. The van der Waals surface area contributed by atoms with E-state index in [0.717, 1.165) is 12.8 Å². The number of carbonyl (C=O) groups excluding carboxylic acids is 1. The summed E-state index contributed by atoms with van der Waals surface area (Å²) in [7, 11) is 0. The van der Waals surface area contributed by atoms with E-state index in [1.54, 1.807) is 6.92 Å². The van der Waals surface area contributed by atoms with Gasteiger partial charge in [-0.25, -0.2) is 0 Å². The number of amides is 1. The van der Waals surface area contributed by atoms with E-state index in [-0.39, 0.29) is 23.7 Å². The number of hydrogen-bond acceptors (Lipinski definition) is 2. The average molecular weight is 269 g/mol. The van der Waals surface area contributed by atoms with E-state index in [1.807, 2.05) is 0 Å². The smallest absolute Gasteiger partial charge is 0.217 e. The van der Waals surface area contributed by atoms with E-state index in [2.05, 4.69) is 46.9 Å². The lowest BCUT2D eigenvalue weighted by Crippen LogP contribution is -2.58. The van der Waals surface area contributed by atoms with Gasteiger partial charge in [-0.3, -0.25) is 4.79 Å². The molecule has 1 aliphatic rings. The highest BCUT2D eigenvalue weighted by atomic mass is 16.5. The van der Waals surface area contributed by atoms with Gasteiger partial charge in [-0.15, -0.1) is 0 Å². The van der Waals surface area contributed by atoms with Gasteiger partial charge >= 0.3 is 0 Å². The number of rotatable bonds is 4. The van der Waals surface area contributed by atoms with Gasteiger partial charge in [-0.2, -0.15) is 0 Å². The quantitative estimate of drug-likeness (QED) is 0.849. The van der Waals surface area contributed by atoms with E-state index in [9.17, 15) is 4.79 Å². The maximum Gasteiger partial charge on any atom is 0.217 e. The number of carbonyl (C=O) groups is 1. The second kappa shape index (κ2) is 6.25. The predicted octanol–water partition coefficient (Wildman–Crippen LogP) is 3.38. The van der Waals surface area contributed by atoms with Crippen LogP contribution in [0.25, 0.3) is 0 Å². The summed E-state index contributed by atoms with van der Waals surface area (Å²) >= 11 is 0. The molecule has 1 amide bonds. The van der Waals surface area contributed by atoms with Crippen molar-refractivity contribution < 1.29 is 9.53 Å². The number of hydrogen-bond donors (Lipinski definition) is 1. The largest absolute Gasteiger partial charge is 0.370 e. The van der Waals surface area contributed by atoms with E-state index in [1.165, 1.54) is 0 Å². The van der Waals surface area contributed by atoms with Gasteiger partial charge in [0.05, 0.1) is 17.7 Å². The minimum atomic E-state index is -0.0965. The molecular weight excluding hydrogens is 238 g/mol. The summed E-state index contributed by atoms with van der Waals surface area (Å²) in [5.41, 5.74) is -0.0965. The van der Waals surface area contributed by atoms with Crippen molar-refractivity contribution >= 4 is 5.91 Å². The van der Waals surface area contributed by atoms with Crippen LogP contribution >= 0.6 is 0 Å². The zero-order valence-electron chi connectivity index (χ0n) is 13.6. The third-order valence-electron chi connectivity index (χ3n) is 4.67. The molecule has 5 atom stereocenters. The van der Waals surface area contributed by atoms with Gasteiger partial charge in [0, 0.05) is 6.92 Å². The fourth-order valence-electron chi connectivity index (χ4n) is 3.31. The third kappa shape index (κ3) is 4.20. The molecule has 0 bridgehead atoms. The Balaban J connectivity index is 2.93. The standard InChI is InChI=1S/C16H31NO2/c1-8-10(2)12(4)15-14(17-13(5)18)11(3)9-16(6,7)19-15/h10-12,14-15H,8-9H2,1-7H3,(H,17,18). The number of nitrogens with one attached hydrogen (secondary N) is 1. The first-order valence-corrected chi connectivity index (χ1v) is 7.63. The molecule has 0 aromatic carbocycles. The molecule has 0 aromatic heterocycles. The predicted molar refractivity (Wildman–Crippen MR) is 79.0 cm³/mol. The summed E-state index contributed by atoms with van der Waals surface area (Å²) in [6.45, 7) is 14.9. The van der Waals surface area contributed by atoms with Crippen molar-refractivity contribution in [1.29, 1.82) is 0 Å². The van der Waals surface area contributed by atoms with Gasteiger partial charge in [0.25, 0.3) is 0 Å². The van der Waals surface area contributed by atoms with Gasteiger partial charge < -0.3 is 10.1 Å². The molecule has 3 heteroatoms. The molecule has 19 heavy (non-hydrogen) atoms. The van der Waals surface area contributed by atoms with E-state index in [0.29, 0.717) is 17.8 Å². The Morgan fingerprint density at radius 1 is 1.42 bits per heavy atom. The van der Waals surface area contributed by atoms with Crippen molar-refractivity contribution in [2.45, 2.75) is 79.1 Å². The Kier molecular flexibility index (Phi) is 5.43. The molecule has 1 N–H and O–H groups in total. The van der Waals surface area contributed by atoms with Crippen molar-refractivity contribution in [3.8, 4) is 0 Å². The summed E-state index contributed by atoms with van der Waals surface area (Å²) in [4.78, 5) is 11.5. The van der Waals surface area contributed by atoms with Gasteiger partial charge in [-0.1, -0.05) is 34.1 Å². The fourth-order valence-corrected chi connectivity index (χ4v) is 3.31. The lowest BCUT2D eigenvalue weighted by atomic mass is 9.76. The van der Waals surface area contributed by atoms with Crippen LogP contribution in [0.15, 0.2) is 0 Å². The fraction of sp³-hybridized carbons (Fsp3) is 0.938. The molecule has 0 radical (unpaired) electrons. The molecule has 5 unspecified atom stereocenters. The summed E-state index contributed by atoms with van der Waals surface area (Å²) < 4.78 is 6.33. The minimum Gasteiger partial charge on any atom is -0.370 e. The van der Waals surface area contributed by atoms with Gasteiger partial charge in [0.1, 0.15) is 0 Å².